The van der Waals surface area contributed by atoms with Crippen molar-refractivity contribution in [2.45, 2.75) is 31.4 Å². The maximum absolute atomic E-state index is 13.8. The monoisotopic (exact) mass is 252 g/mol. The van der Waals surface area contributed by atoms with Crippen LogP contribution in [0.25, 0.3) is 0 Å². The normalized spacial score (nSPS) is 26.8. The van der Waals surface area contributed by atoms with E-state index in [2.05, 4.69) is 0 Å². The largest absolute Gasteiger partial charge is 0.378 e. The van der Waals surface area contributed by atoms with Gasteiger partial charge in [0, 0.05) is 20.2 Å². The van der Waals surface area contributed by atoms with Crippen molar-refractivity contribution in [2.75, 3.05) is 25.1 Å². The molecule has 1 aliphatic carbocycles. The molecule has 1 aromatic carbocycles. The number of likely N-dealkylation sites (N-methyl/N-ethyl adjacent to an activating group) is 1. The van der Waals surface area contributed by atoms with E-state index in [-0.39, 0.29) is 17.5 Å². The molecule has 0 unspecified atom stereocenters. The lowest BCUT2D eigenvalue weighted by Crippen LogP contribution is -2.63. The highest BCUT2D eigenvalue weighted by atomic mass is 19.1. The van der Waals surface area contributed by atoms with Gasteiger partial charge in [0.2, 0.25) is 0 Å². The third kappa shape index (κ3) is 2.22. The van der Waals surface area contributed by atoms with Crippen LogP contribution in [0.2, 0.25) is 0 Å². The second-order valence-corrected chi connectivity index (χ2v) is 4.92. The maximum Gasteiger partial charge on any atom is 0.146 e. The fourth-order valence-corrected chi connectivity index (χ4v) is 2.70. The number of rotatable bonds is 5. The van der Waals surface area contributed by atoms with Gasteiger partial charge in [-0.1, -0.05) is 12.1 Å². The predicted octanol–water partition coefficient (Wildman–Crippen LogP) is 2.16. The highest BCUT2D eigenvalue weighted by Crippen LogP contribution is 2.41. The number of para-hydroxylation sites is 1. The van der Waals surface area contributed by atoms with Crippen LogP contribution >= 0.6 is 0 Å². The fourth-order valence-electron chi connectivity index (χ4n) is 2.70. The molecule has 1 saturated carbocycles. The van der Waals surface area contributed by atoms with Gasteiger partial charge in [-0.2, -0.15) is 0 Å². The summed E-state index contributed by atoms with van der Waals surface area (Å²) in [7, 11) is 1.91. The van der Waals surface area contributed by atoms with E-state index < -0.39 is 0 Å². The fraction of sp³-hybridized carbons (Fsp3) is 0.571. The Morgan fingerprint density at radius 1 is 1.44 bits per heavy atom. The third-order valence-corrected chi connectivity index (χ3v) is 3.92. The van der Waals surface area contributed by atoms with Crippen molar-refractivity contribution >= 4 is 5.69 Å². The number of anilines is 1. The molecule has 0 radical (unpaired) electrons. The van der Waals surface area contributed by atoms with Gasteiger partial charge in [0.1, 0.15) is 5.82 Å². The first-order valence-electron chi connectivity index (χ1n) is 6.43. The van der Waals surface area contributed by atoms with Gasteiger partial charge in [-0.3, -0.25) is 0 Å². The van der Waals surface area contributed by atoms with Gasteiger partial charge in [-0.15, -0.1) is 0 Å². The van der Waals surface area contributed by atoms with Crippen molar-refractivity contribution in [3.05, 3.63) is 30.1 Å². The Kier molecular flexibility index (Phi) is 3.88. The summed E-state index contributed by atoms with van der Waals surface area (Å²) in [6, 6.07) is 6.82. The minimum absolute atomic E-state index is 0.165. The molecule has 3 nitrogen and oxygen atoms in total. The summed E-state index contributed by atoms with van der Waals surface area (Å²) in [6.07, 6.45) is 1.98. The maximum atomic E-state index is 13.8. The molecule has 0 bridgehead atoms. The predicted molar refractivity (Wildman–Crippen MR) is 71.2 cm³/mol. The quantitative estimate of drug-likeness (QED) is 0.872. The summed E-state index contributed by atoms with van der Waals surface area (Å²) < 4.78 is 19.4. The summed E-state index contributed by atoms with van der Waals surface area (Å²) in [4.78, 5) is 1.97. The number of hydrogen-bond acceptors (Lipinski definition) is 3. The van der Waals surface area contributed by atoms with Crippen LogP contribution in [0.5, 0.6) is 0 Å². The zero-order valence-electron chi connectivity index (χ0n) is 11.0. The first kappa shape index (κ1) is 13.3. The zero-order valence-corrected chi connectivity index (χ0v) is 11.0. The average molecular weight is 252 g/mol. The van der Waals surface area contributed by atoms with Crippen LogP contribution in [-0.4, -0.2) is 31.8 Å². The molecule has 2 rings (SSSR count). The van der Waals surface area contributed by atoms with E-state index in [1.54, 1.807) is 12.1 Å². The second-order valence-electron chi connectivity index (χ2n) is 4.92. The van der Waals surface area contributed by atoms with Crippen molar-refractivity contribution in [1.29, 1.82) is 0 Å². The molecule has 0 heterocycles. The van der Waals surface area contributed by atoms with Gasteiger partial charge in [0.25, 0.3) is 0 Å². The van der Waals surface area contributed by atoms with Crippen LogP contribution in [0.1, 0.15) is 19.8 Å². The lowest BCUT2D eigenvalue weighted by Gasteiger charge is -2.53. The Hall–Kier alpha value is -1.13. The second kappa shape index (κ2) is 5.24. The van der Waals surface area contributed by atoms with Crippen LogP contribution in [0, 0.1) is 5.82 Å². The first-order chi connectivity index (χ1) is 8.63. The van der Waals surface area contributed by atoms with E-state index in [1.165, 1.54) is 6.07 Å². The number of ether oxygens (including phenoxy) is 1. The first-order valence-corrected chi connectivity index (χ1v) is 6.43. The van der Waals surface area contributed by atoms with Gasteiger partial charge in [-0.05, 0) is 31.9 Å². The molecule has 0 atom stereocenters. The van der Waals surface area contributed by atoms with Crippen molar-refractivity contribution in [1.82, 2.24) is 0 Å². The Labute approximate surface area is 108 Å². The van der Waals surface area contributed by atoms with Crippen molar-refractivity contribution in [3.8, 4) is 0 Å². The van der Waals surface area contributed by atoms with E-state index in [0.29, 0.717) is 18.8 Å². The summed E-state index contributed by atoms with van der Waals surface area (Å²) in [5.74, 6) is -0.201. The number of hydrogen-bond donors (Lipinski definition) is 1. The highest BCUT2D eigenvalue weighted by molar-refractivity contribution is 5.50. The van der Waals surface area contributed by atoms with E-state index >= 15 is 0 Å². The Morgan fingerprint density at radius 2 is 2.11 bits per heavy atom. The third-order valence-electron chi connectivity index (χ3n) is 3.92. The molecule has 2 N–H and O–H groups in total. The van der Waals surface area contributed by atoms with E-state index in [1.807, 2.05) is 24.9 Å². The summed E-state index contributed by atoms with van der Waals surface area (Å²) in [5, 5.41) is 0. The van der Waals surface area contributed by atoms with Crippen LogP contribution in [0.3, 0.4) is 0 Å². The van der Waals surface area contributed by atoms with Gasteiger partial charge in [-0.25, -0.2) is 4.39 Å². The Bertz CT molecular complexity index is 405. The van der Waals surface area contributed by atoms with Gasteiger partial charge in [0.15, 0.2) is 0 Å². The molecular formula is C14H21FN2O. The number of halogens is 1. The van der Waals surface area contributed by atoms with Crippen molar-refractivity contribution in [2.24, 2.45) is 5.73 Å². The highest BCUT2D eigenvalue weighted by Gasteiger charge is 2.47. The molecule has 0 aliphatic heterocycles. The number of nitrogens with two attached hydrogens (primary N) is 1. The van der Waals surface area contributed by atoms with E-state index in [9.17, 15) is 4.39 Å². The molecule has 4 heteroatoms. The summed E-state index contributed by atoms with van der Waals surface area (Å²) in [6.45, 7) is 3.22. The standard InChI is InChI=1S/C14H21FN2O/c1-3-18-11-8-14(9-11,10-16)17(2)13-7-5-4-6-12(13)15/h4-7,11H,3,8-10,16H2,1-2H3. The summed E-state index contributed by atoms with van der Waals surface area (Å²) >= 11 is 0. The molecule has 1 fully saturated rings. The Morgan fingerprint density at radius 3 is 2.67 bits per heavy atom. The molecule has 0 spiro atoms. The smallest absolute Gasteiger partial charge is 0.146 e. The molecule has 0 saturated heterocycles. The zero-order chi connectivity index (χ0) is 13.2. The van der Waals surface area contributed by atoms with Crippen LogP contribution in [0.4, 0.5) is 10.1 Å². The van der Waals surface area contributed by atoms with Crippen LogP contribution in [0.15, 0.2) is 24.3 Å². The topological polar surface area (TPSA) is 38.5 Å². The number of benzene rings is 1. The lowest BCUT2D eigenvalue weighted by molar-refractivity contribution is -0.0356. The van der Waals surface area contributed by atoms with Crippen LogP contribution in [-0.2, 0) is 4.74 Å². The molecule has 0 amide bonds. The SMILES string of the molecule is CCOC1CC(CN)(N(C)c2ccccc2F)C1. The minimum atomic E-state index is -0.201. The molecule has 18 heavy (non-hydrogen) atoms. The molecule has 100 valence electrons. The molecular weight excluding hydrogens is 231 g/mol. The van der Waals surface area contributed by atoms with E-state index in [4.69, 9.17) is 10.5 Å². The molecule has 0 aromatic heterocycles. The van der Waals surface area contributed by atoms with Crippen molar-refractivity contribution in [3.63, 3.8) is 0 Å². The van der Waals surface area contributed by atoms with Gasteiger partial charge >= 0.3 is 0 Å². The van der Waals surface area contributed by atoms with E-state index in [0.717, 1.165) is 12.8 Å². The Balaban J connectivity index is 2.13. The lowest BCUT2D eigenvalue weighted by atomic mass is 9.72. The summed E-state index contributed by atoms with van der Waals surface area (Å²) in [5.41, 5.74) is 6.34. The van der Waals surface area contributed by atoms with Crippen molar-refractivity contribution < 1.29 is 9.13 Å². The molecule has 1 aromatic rings. The number of nitrogens with zero attached hydrogens (tertiary/aromatic N) is 1. The van der Waals surface area contributed by atoms with Crippen LogP contribution < -0.4 is 10.6 Å². The van der Waals surface area contributed by atoms with Gasteiger partial charge < -0.3 is 15.4 Å². The molecule has 1 aliphatic rings. The minimum Gasteiger partial charge on any atom is -0.378 e. The average Bonchev–Trinajstić information content (AvgIpc) is 2.33. The van der Waals surface area contributed by atoms with Gasteiger partial charge in [0.05, 0.1) is 17.3 Å².